The van der Waals surface area contributed by atoms with Crippen molar-refractivity contribution in [2.24, 2.45) is 23.7 Å². The van der Waals surface area contributed by atoms with E-state index >= 15 is 0 Å². The molecule has 0 aromatic carbocycles. The number of aliphatic hydroxyl groups is 1. The highest BCUT2D eigenvalue weighted by Crippen LogP contribution is 2.50. The molecule has 4 heteroatoms. The average Bonchev–Trinajstić information content (AvgIpc) is 2.41. The highest BCUT2D eigenvalue weighted by Gasteiger charge is 2.59. The molecule has 2 saturated carbocycles. The van der Waals surface area contributed by atoms with Crippen molar-refractivity contribution in [2.45, 2.75) is 77.0 Å². The second-order valence-electron chi connectivity index (χ2n) is 7.05. The van der Waals surface area contributed by atoms with Gasteiger partial charge in [-0.3, -0.25) is 0 Å². The van der Waals surface area contributed by atoms with Crippen LogP contribution in [0.2, 0.25) is 0 Å². The summed E-state index contributed by atoms with van der Waals surface area (Å²) in [6, 6.07) is 0. The molecule has 0 heterocycles. The Kier molecular flexibility index (Phi) is 4.73. The summed E-state index contributed by atoms with van der Waals surface area (Å²) in [4.78, 5) is 0. The summed E-state index contributed by atoms with van der Waals surface area (Å²) in [5, 5.41) is 10.2. The molecule has 1 N–H and O–H groups in total. The molecule has 2 fully saturated rings. The van der Waals surface area contributed by atoms with Crippen LogP contribution in [0.3, 0.4) is 0 Å². The average molecular weight is 292 g/mol. The topological polar surface area (TPSA) is 20.2 Å². The van der Waals surface area contributed by atoms with Crippen molar-refractivity contribution >= 4 is 0 Å². The Labute approximate surface area is 119 Å². The van der Waals surface area contributed by atoms with E-state index < -0.39 is 17.7 Å². The number of hydrogen-bond acceptors (Lipinski definition) is 1. The molecule has 0 aliphatic heterocycles. The van der Waals surface area contributed by atoms with E-state index in [0.717, 1.165) is 38.0 Å². The van der Waals surface area contributed by atoms with Crippen LogP contribution in [-0.2, 0) is 0 Å². The lowest BCUT2D eigenvalue weighted by atomic mass is 9.64. The van der Waals surface area contributed by atoms with Crippen LogP contribution in [0.4, 0.5) is 13.2 Å². The molecule has 0 spiro atoms. The van der Waals surface area contributed by atoms with Crippen LogP contribution in [0.15, 0.2) is 0 Å². The number of alkyl halides is 3. The van der Waals surface area contributed by atoms with Crippen LogP contribution >= 0.6 is 0 Å². The van der Waals surface area contributed by atoms with E-state index in [1.807, 2.05) is 0 Å². The lowest BCUT2D eigenvalue weighted by Gasteiger charge is -2.46. The van der Waals surface area contributed by atoms with E-state index in [4.69, 9.17) is 0 Å². The van der Waals surface area contributed by atoms with Gasteiger partial charge in [0.2, 0.25) is 0 Å². The van der Waals surface area contributed by atoms with Gasteiger partial charge in [0, 0.05) is 0 Å². The third-order valence-electron chi connectivity index (χ3n) is 5.99. The predicted molar refractivity (Wildman–Crippen MR) is 73.2 cm³/mol. The Morgan fingerprint density at radius 1 is 1.00 bits per heavy atom. The van der Waals surface area contributed by atoms with Crippen LogP contribution < -0.4 is 0 Å². The van der Waals surface area contributed by atoms with Crippen LogP contribution in [0, 0.1) is 23.7 Å². The molecule has 0 bridgehead atoms. The van der Waals surface area contributed by atoms with Gasteiger partial charge in [-0.1, -0.05) is 33.1 Å². The van der Waals surface area contributed by atoms with E-state index in [1.54, 1.807) is 0 Å². The van der Waals surface area contributed by atoms with Crippen molar-refractivity contribution in [1.29, 1.82) is 0 Å². The van der Waals surface area contributed by atoms with E-state index in [1.165, 1.54) is 13.3 Å². The molecule has 2 aliphatic rings. The van der Waals surface area contributed by atoms with Gasteiger partial charge in [-0.2, -0.15) is 13.2 Å². The van der Waals surface area contributed by atoms with Gasteiger partial charge in [0.25, 0.3) is 0 Å². The highest BCUT2D eigenvalue weighted by molar-refractivity contribution is 4.98. The molecule has 118 valence electrons. The summed E-state index contributed by atoms with van der Waals surface area (Å²) in [5.74, 6) is 0.524. The van der Waals surface area contributed by atoms with Crippen molar-refractivity contribution in [3.8, 4) is 0 Å². The first-order valence-corrected chi connectivity index (χ1v) is 8.07. The second-order valence-corrected chi connectivity index (χ2v) is 7.05. The molecule has 0 saturated heterocycles. The van der Waals surface area contributed by atoms with Gasteiger partial charge >= 0.3 is 6.18 Å². The van der Waals surface area contributed by atoms with E-state index in [2.05, 4.69) is 6.92 Å². The molecule has 1 nitrogen and oxygen atoms in total. The maximum absolute atomic E-state index is 13.2. The fourth-order valence-corrected chi connectivity index (χ4v) is 4.27. The van der Waals surface area contributed by atoms with Crippen LogP contribution in [0.5, 0.6) is 0 Å². The maximum Gasteiger partial charge on any atom is 0.417 e. The lowest BCUT2D eigenvalue weighted by molar-refractivity contribution is -0.293. The first kappa shape index (κ1) is 16.1. The Bertz CT molecular complexity index is 320. The van der Waals surface area contributed by atoms with Crippen molar-refractivity contribution in [3.63, 3.8) is 0 Å². The van der Waals surface area contributed by atoms with Gasteiger partial charge in [-0.05, 0) is 55.8 Å². The third-order valence-corrected chi connectivity index (χ3v) is 5.99. The highest BCUT2D eigenvalue weighted by atomic mass is 19.4. The van der Waals surface area contributed by atoms with Crippen molar-refractivity contribution in [1.82, 2.24) is 0 Å². The van der Waals surface area contributed by atoms with Crippen molar-refractivity contribution < 1.29 is 18.3 Å². The molecule has 0 radical (unpaired) electrons. The molecule has 2 aliphatic carbocycles. The molecule has 2 rings (SSSR count). The quantitative estimate of drug-likeness (QED) is 0.765. The van der Waals surface area contributed by atoms with Gasteiger partial charge in [0.1, 0.15) is 0 Å². The Morgan fingerprint density at radius 3 is 2.05 bits per heavy atom. The first-order chi connectivity index (χ1) is 9.28. The van der Waals surface area contributed by atoms with Crippen LogP contribution in [-0.4, -0.2) is 16.9 Å². The molecular formula is C16H27F3O. The fraction of sp³-hybridized carbons (Fsp3) is 1.00. The molecule has 0 aromatic heterocycles. The zero-order valence-electron chi connectivity index (χ0n) is 12.5. The summed E-state index contributed by atoms with van der Waals surface area (Å²) in [5.41, 5.74) is -2.46. The number of halogens is 3. The summed E-state index contributed by atoms with van der Waals surface area (Å²) < 4.78 is 39.5. The molecular weight excluding hydrogens is 265 g/mol. The number of hydrogen-bond donors (Lipinski definition) is 1. The smallest absolute Gasteiger partial charge is 0.380 e. The minimum absolute atomic E-state index is 0.0515. The fourth-order valence-electron chi connectivity index (χ4n) is 4.27. The molecule has 20 heavy (non-hydrogen) atoms. The van der Waals surface area contributed by atoms with Crippen LogP contribution in [0.1, 0.15) is 65.2 Å². The molecule has 0 amide bonds. The SMILES string of the molecule is CCC1CCC([C@@H]2CC[C@@H](C)C(O)(C(F)(F)F)C2)CC1. The van der Waals surface area contributed by atoms with Gasteiger partial charge in [-0.15, -0.1) is 0 Å². The summed E-state index contributed by atoms with van der Waals surface area (Å²) in [6.45, 7) is 3.73. The van der Waals surface area contributed by atoms with E-state index in [0.29, 0.717) is 12.3 Å². The predicted octanol–water partition coefficient (Wildman–Crippen LogP) is 4.93. The van der Waals surface area contributed by atoms with Crippen LogP contribution in [0.25, 0.3) is 0 Å². The summed E-state index contributed by atoms with van der Waals surface area (Å²) in [7, 11) is 0. The normalized spacial score (nSPS) is 43.5. The van der Waals surface area contributed by atoms with Gasteiger partial charge in [0.15, 0.2) is 5.60 Å². The molecule has 0 aromatic rings. The monoisotopic (exact) mass is 292 g/mol. The Balaban J connectivity index is 2.01. The van der Waals surface area contributed by atoms with Gasteiger partial charge in [-0.25, -0.2) is 0 Å². The summed E-state index contributed by atoms with van der Waals surface area (Å²) >= 11 is 0. The van der Waals surface area contributed by atoms with E-state index in [-0.39, 0.29) is 12.3 Å². The lowest BCUT2D eigenvalue weighted by Crippen LogP contribution is -2.54. The largest absolute Gasteiger partial charge is 0.417 e. The standard InChI is InChI=1S/C16H27F3O/c1-3-12-5-8-13(9-6-12)14-7-4-11(2)15(20,10-14)16(17,18)19/h11-14,20H,3-10H2,1-2H3/t11-,12?,13?,14-,15?/m1/s1. The third kappa shape index (κ3) is 3.00. The zero-order chi connectivity index (χ0) is 15.0. The minimum Gasteiger partial charge on any atom is -0.380 e. The first-order valence-electron chi connectivity index (χ1n) is 8.07. The van der Waals surface area contributed by atoms with Crippen molar-refractivity contribution in [2.75, 3.05) is 0 Å². The van der Waals surface area contributed by atoms with E-state index in [9.17, 15) is 18.3 Å². The summed E-state index contributed by atoms with van der Waals surface area (Å²) in [6.07, 6.45) is 2.34. The van der Waals surface area contributed by atoms with Gasteiger partial charge in [0.05, 0.1) is 0 Å². The minimum atomic E-state index is -4.49. The molecule has 3 atom stereocenters. The molecule has 1 unspecified atom stereocenters. The van der Waals surface area contributed by atoms with Gasteiger partial charge < -0.3 is 5.11 Å². The second kappa shape index (κ2) is 5.86. The Morgan fingerprint density at radius 2 is 1.55 bits per heavy atom. The zero-order valence-corrected chi connectivity index (χ0v) is 12.5. The van der Waals surface area contributed by atoms with Crippen molar-refractivity contribution in [3.05, 3.63) is 0 Å². The maximum atomic E-state index is 13.2. The Hall–Kier alpha value is -0.250. The number of rotatable bonds is 2.